The van der Waals surface area contributed by atoms with Crippen molar-refractivity contribution < 1.29 is 0 Å². The molecule has 1 aromatic carbocycles. The van der Waals surface area contributed by atoms with Gasteiger partial charge in [-0.2, -0.15) is 0 Å². The number of anilines is 1. The van der Waals surface area contributed by atoms with Gasteiger partial charge in [0.15, 0.2) is 0 Å². The average molecular weight is 283 g/mol. The molecule has 1 aromatic rings. The number of rotatable bonds is 9. The Morgan fingerprint density at radius 2 is 1.74 bits per heavy atom. The topological polar surface area (TPSA) is 15.3 Å². The molecule has 0 aliphatic rings. The molecular weight excluding hydrogens is 256 g/mol. The molecule has 19 heavy (non-hydrogen) atoms. The summed E-state index contributed by atoms with van der Waals surface area (Å²) in [7, 11) is 1.97. The van der Waals surface area contributed by atoms with E-state index in [1.807, 2.05) is 13.1 Å². The Hall–Kier alpha value is -0.730. The summed E-state index contributed by atoms with van der Waals surface area (Å²) in [5.74, 6) is 0. The third kappa shape index (κ3) is 5.04. The smallest absolute Gasteiger partial charge is 0.0471 e. The molecule has 0 aliphatic carbocycles. The first kappa shape index (κ1) is 16.3. The SMILES string of the molecule is CCCCN(CCCC)c1cccc(Cl)c1CNC. The Morgan fingerprint density at radius 1 is 1.11 bits per heavy atom. The molecule has 2 nitrogen and oxygen atoms in total. The van der Waals surface area contributed by atoms with Crippen LogP contribution in [-0.4, -0.2) is 20.1 Å². The monoisotopic (exact) mass is 282 g/mol. The molecule has 0 bridgehead atoms. The molecule has 0 aromatic heterocycles. The van der Waals surface area contributed by atoms with E-state index < -0.39 is 0 Å². The van der Waals surface area contributed by atoms with Crippen LogP contribution in [0.1, 0.15) is 45.1 Å². The first-order chi connectivity index (χ1) is 9.24. The number of halogens is 1. The maximum atomic E-state index is 6.35. The van der Waals surface area contributed by atoms with Gasteiger partial charge in [-0.05, 0) is 32.0 Å². The number of hydrogen-bond donors (Lipinski definition) is 1. The summed E-state index contributed by atoms with van der Waals surface area (Å²) < 4.78 is 0. The minimum Gasteiger partial charge on any atom is -0.371 e. The quantitative estimate of drug-likeness (QED) is 0.719. The number of benzene rings is 1. The van der Waals surface area contributed by atoms with Gasteiger partial charge in [-0.1, -0.05) is 44.4 Å². The first-order valence-corrected chi connectivity index (χ1v) is 7.79. The van der Waals surface area contributed by atoms with Crippen LogP contribution in [0.2, 0.25) is 5.02 Å². The lowest BCUT2D eigenvalue weighted by Crippen LogP contribution is -2.27. The first-order valence-electron chi connectivity index (χ1n) is 7.41. The van der Waals surface area contributed by atoms with E-state index in [9.17, 15) is 0 Å². The molecule has 0 saturated heterocycles. The Balaban J connectivity index is 2.95. The van der Waals surface area contributed by atoms with Gasteiger partial charge in [0.2, 0.25) is 0 Å². The van der Waals surface area contributed by atoms with E-state index >= 15 is 0 Å². The molecule has 0 fully saturated rings. The lowest BCUT2D eigenvalue weighted by atomic mass is 10.1. The largest absolute Gasteiger partial charge is 0.371 e. The van der Waals surface area contributed by atoms with Crippen molar-refractivity contribution in [1.29, 1.82) is 0 Å². The molecule has 1 rings (SSSR count). The molecule has 0 saturated carbocycles. The zero-order valence-electron chi connectivity index (χ0n) is 12.5. The molecule has 0 atom stereocenters. The Labute approximate surface area is 123 Å². The van der Waals surface area contributed by atoms with Crippen LogP contribution in [0, 0.1) is 0 Å². The highest BCUT2D eigenvalue weighted by atomic mass is 35.5. The molecule has 3 heteroatoms. The molecular formula is C16H27ClN2. The maximum absolute atomic E-state index is 6.35. The molecule has 0 aliphatic heterocycles. The second-order valence-electron chi connectivity index (χ2n) is 4.96. The van der Waals surface area contributed by atoms with Crippen molar-refractivity contribution in [1.82, 2.24) is 5.32 Å². The van der Waals surface area contributed by atoms with Crippen molar-refractivity contribution in [2.45, 2.75) is 46.1 Å². The lowest BCUT2D eigenvalue weighted by Gasteiger charge is -2.27. The third-order valence-corrected chi connectivity index (χ3v) is 3.71. The van der Waals surface area contributed by atoms with Crippen molar-refractivity contribution in [2.75, 3.05) is 25.0 Å². The van der Waals surface area contributed by atoms with Crippen molar-refractivity contribution in [3.63, 3.8) is 0 Å². The van der Waals surface area contributed by atoms with E-state index in [4.69, 9.17) is 11.6 Å². The van der Waals surface area contributed by atoms with E-state index in [0.717, 1.165) is 24.7 Å². The fraction of sp³-hybridized carbons (Fsp3) is 0.625. The normalized spacial score (nSPS) is 10.7. The summed E-state index contributed by atoms with van der Waals surface area (Å²) in [4.78, 5) is 2.49. The molecule has 0 unspecified atom stereocenters. The fourth-order valence-electron chi connectivity index (χ4n) is 2.25. The molecule has 108 valence electrons. The molecule has 0 radical (unpaired) electrons. The summed E-state index contributed by atoms with van der Waals surface area (Å²) >= 11 is 6.35. The zero-order chi connectivity index (χ0) is 14.1. The second-order valence-corrected chi connectivity index (χ2v) is 5.37. The van der Waals surface area contributed by atoms with Crippen LogP contribution < -0.4 is 10.2 Å². The number of nitrogens with zero attached hydrogens (tertiary/aromatic N) is 1. The summed E-state index contributed by atoms with van der Waals surface area (Å²) in [5.41, 5.74) is 2.52. The standard InChI is InChI=1S/C16H27ClN2/c1-4-6-11-19(12-7-5-2)16-10-8-9-15(17)14(16)13-18-3/h8-10,18H,4-7,11-13H2,1-3H3. The highest BCUT2D eigenvalue weighted by molar-refractivity contribution is 6.31. The van der Waals surface area contributed by atoms with Gasteiger partial charge in [-0.3, -0.25) is 0 Å². The van der Waals surface area contributed by atoms with Gasteiger partial charge in [-0.15, -0.1) is 0 Å². The minimum atomic E-state index is 0.823. The summed E-state index contributed by atoms with van der Waals surface area (Å²) in [5, 5.41) is 4.09. The average Bonchev–Trinajstić information content (AvgIpc) is 2.42. The van der Waals surface area contributed by atoms with E-state index in [1.165, 1.54) is 36.9 Å². The van der Waals surface area contributed by atoms with Gasteiger partial charge >= 0.3 is 0 Å². The summed E-state index contributed by atoms with van der Waals surface area (Å²) in [6.45, 7) is 7.54. The molecule has 0 heterocycles. The van der Waals surface area contributed by atoms with Crippen LogP contribution in [0.15, 0.2) is 18.2 Å². The van der Waals surface area contributed by atoms with E-state index in [2.05, 4.69) is 36.2 Å². The maximum Gasteiger partial charge on any atom is 0.0471 e. The van der Waals surface area contributed by atoms with Crippen molar-refractivity contribution in [2.24, 2.45) is 0 Å². The zero-order valence-corrected chi connectivity index (χ0v) is 13.3. The van der Waals surface area contributed by atoms with Crippen LogP contribution in [0.25, 0.3) is 0 Å². The number of nitrogens with one attached hydrogen (secondary N) is 1. The van der Waals surface area contributed by atoms with Crippen LogP contribution in [-0.2, 0) is 6.54 Å². The van der Waals surface area contributed by atoms with Crippen molar-refractivity contribution in [3.05, 3.63) is 28.8 Å². The van der Waals surface area contributed by atoms with Gasteiger partial charge in [-0.25, -0.2) is 0 Å². The van der Waals surface area contributed by atoms with Gasteiger partial charge in [0.05, 0.1) is 0 Å². The highest BCUT2D eigenvalue weighted by Gasteiger charge is 2.12. The van der Waals surface area contributed by atoms with E-state index in [0.29, 0.717) is 0 Å². The third-order valence-electron chi connectivity index (χ3n) is 3.35. The van der Waals surface area contributed by atoms with Crippen LogP contribution >= 0.6 is 11.6 Å². The predicted molar refractivity (Wildman–Crippen MR) is 86.2 cm³/mol. The lowest BCUT2D eigenvalue weighted by molar-refractivity contribution is 0.672. The minimum absolute atomic E-state index is 0.823. The van der Waals surface area contributed by atoms with E-state index in [-0.39, 0.29) is 0 Å². The highest BCUT2D eigenvalue weighted by Crippen LogP contribution is 2.28. The number of hydrogen-bond acceptors (Lipinski definition) is 2. The Bertz CT molecular complexity index is 358. The summed E-state index contributed by atoms with van der Waals surface area (Å²) in [6, 6.07) is 6.24. The molecule has 1 N–H and O–H groups in total. The van der Waals surface area contributed by atoms with Gasteiger partial charge < -0.3 is 10.2 Å². The Morgan fingerprint density at radius 3 is 2.26 bits per heavy atom. The molecule has 0 spiro atoms. The molecule has 0 amide bonds. The Kier molecular flexibility index (Phi) is 7.92. The van der Waals surface area contributed by atoms with Gasteiger partial charge in [0.25, 0.3) is 0 Å². The summed E-state index contributed by atoms with van der Waals surface area (Å²) in [6.07, 6.45) is 4.92. The van der Waals surface area contributed by atoms with Crippen molar-refractivity contribution in [3.8, 4) is 0 Å². The predicted octanol–water partition coefficient (Wildman–Crippen LogP) is 4.47. The van der Waals surface area contributed by atoms with Crippen LogP contribution in [0.3, 0.4) is 0 Å². The van der Waals surface area contributed by atoms with Crippen molar-refractivity contribution >= 4 is 17.3 Å². The van der Waals surface area contributed by atoms with Gasteiger partial charge in [0.1, 0.15) is 0 Å². The van der Waals surface area contributed by atoms with Crippen LogP contribution in [0.5, 0.6) is 0 Å². The number of unbranched alkanes of at least 4 members (excludes halogenated alkanes) is 2. The van der Waals surface area contributed by atoms with Crippen LogP contribution in [0.4, 0.5) is 5.69 Å². The second kappa shape index (κ2) is 9.22. The fourth-order valence-corrected chi connectivity index (χ4v) is 2.48. The van der Waals surface area contributed by atoms with E-state index in [1.54, 1.807) is 0 Å². The van der Waals surface area contributed by atoms with Gasteiger partial charge in [0, 0.05) is 35.9 Å².